The average molecular weight is 396 g/mol. The van der Waals surface area contributed by atoms with E-state index in [1.54, 1.807) is 25.2 Å². The lowest BCUT2D eigenvalue weighted by Crippen LogP contribution is -2.51. The highest BCUT2D eigenvalue weighted by atomic mass is 16.6. The van der Waals surface area contributed by atoms with Crippen molar-refractivity contribution in [3.63, 3.8) is 0 Å². The number of carbonyl (C=O) groups is 2. The molecule has 2 amide bonds. The smallest absolute Gasteiger partial charge is 0.339 e. The number of hydrogen-bond donors (Lipinski definition) is 1. The van der Waals surface area contributed by atoms with E-state index in [0.717, 1.165) is 24.0 Å². The Bertz CT molecular complexity index is 945. The molecule has 0 aliphatic carbocycles. The Morgan fingerprint density at radius 3 is 2.76 bits per heavy atom. The van der Waals surface area contributed by atoms with Crippen LogP contribution in [0.1, 0.15) is 34.3 Å². The van der Waals surface area contributed by atoms with Crippen molar-refractivity contribution in [3.05, 3.63) is 59.2 Å². The Kier molecular flexibility index (Phi) is 5.05. The van der Waals surface area contributed by atoms with Crippen LogP contribution in [0.3, 0.4) is 0 Å². The van der Waals surface area contributed by atoms with Crippen molar-refractivity contribution in [1.82, 2.24) is 10.2 Å². The summed E-state index contributed by atoms with van der Waals surface area (Å²) in [6.45, 7) is 1.34. The number of carbonyl (C=O) groups excluding carboxylic acids is 2. The summed E-state index contributed by atoms with van der Waals surface area (Å²) in [7, 11) is 3.16. The van der Waals surface area contributed by atoms with Gasteiger partial charge in [-0.2, -0.15) is 0 Å². The van der Waals surface area contributed by atoms with E-state index < -0.39 is 5.60 Å². The maximum atomic E-state index is 12.8. The number of methoxy groups -OCH3 is 2. The lowest BCUT2D eigenvalue weighted by atomic mass is 9.85. The van der Waals surface area contributed by atoms with Crippen LogP contribution < -0.4 is 14.8 Å². The van der Waals surface area contributed by atoms with Crippen molar-refractivity contribution < 1.29 is 23.8 Å². The number of benzene rings is 2. The number of likely N-dealkylation sites (tertiary alicyclic amines) is 1. The molecule has 1 saturated heterocycles. The lowest BCUT2D eigenvalue weighted by Gasteiger charge is -2.39. The number of nitrogens with one attached hydrogen (secondary N) is 1. The molecule has 1 atom stereocenters. The molecule has 0 bridgehead atoms. The van der Waals surface area contributed by atoms with Crippen LogP contribution in [-0.2, 0) is 16.9 Å². The van der Waals surface area contributed by atoms with Gasteiger partial charge in [0.05, 0.1) is 26.3 Å². The van der Waals surface area contributed by atoms with E-state index in [4.69, 9.17) is 14.2 Å². The van der Waals surface area contributed by atoms with Crippen molar-refractivity contribution >= 4 is 12.0 Å². The van der Waals surface area contributed by atoms with E-state index in [1.165, 1.54) is 0 Å². The SMILES string of the molecule is COc1ccc(CNC(=O)N2CCCC3(C2)OC(=O)c2ccccc23)cc1OC. The Balaban J connectivity index is 1.44. The van der Waals surface area contributed by atoms with Crippen LogP contribution in [0.4, 0.5) is 4.79 Å². The first-order valence-electron chi connectivity index (χ1n) is 9.63. The van der Waals surface area contributed by atoms with E-state index in [0.29, 0.717) is 36.7 Å². The predicted molar refractivity (Wildman–Crippen MR) is 106 cm³/mol. The molecule has 1 spiro atoms. The molecule has 1 N–H and O–H groups in total. The molecule has 0 saturated carbocycles. The largest absolute Gasteiger partial charge is 0.493 e. The predicted octanol–water partition coefficient (Wildman–Crippen LogP) is 3.08. The summed E-state index contributed by atoms with van der Waals surface area (Å²) in [4.78, 5) is 26.8. The van der Waals surface area contributed by atoms with Gasteiger partial charge < -0.3 is 24.4 Å². The average Bonchev–Trinajstić information content (AvgIpc) is 3.03. The second-order valence-corrected chi connectivity index (χ2v) is 7.30. The second kappa shape index (κ2) is 7.66. The third-order valence-corrected chi connectivity index (χ3v) is 5.56. The Hall–Kier alpha value is -3.22. The van der Waals surface area contributed by atoms with Gasteiger partial charge in [-0.05, 0) is 36.6 Å². The molecule has 2 aromatic rings. The number of nitrogens with zero attached hydrogens (tertiary/aromatic N) is 1. The highest BCUT2D eigenvalue weighted by Crippen LogP contribution is 2.42. The third-order valence-electron chi connectivity index (χ3n) is 5.56. The number of ether oxygens (including phenoxy) is 3. The van der Waals surface area contributed by atoms with Gasteiger partial charge in [0, 0.05) is 18.7 Å². The van der Waals surface area contributed by atoms with Crippen LogP contribution in [-0.4, -0.2) is 44.2 Å². The van der Waals surface area contributed by atoms with Crippen LogP contribution in [0.25, 0.3) is 0 Å². The molecule has 7 nitrogen and oxygen atoms in total. The minimum Gasteiger partial charge on any atom is -0.493 e. The standard InChI is InChI=1S/C22H24N2O5/c1-27-18-9-8-15(12-19(18)28-2)13-23-21(26)24-11-5-10-22(14-24)17-7-4-3-6-16(17)20(25)29-22/h3-4,6-9,12H,5,10-11,13-14H2,1-2H3,(H,23,26). The van der Waals surface area contributed by atoms with E-state index in [9.17, 15) is 9.59 Å². The van der Waals surface area contributed by atoms with Gasteiger partial charge in [-0.1, -0.05) is 24.3 Å². The summed E-state index contributed by atoms with van der Waals surface area (Å²) in [6, 6.07) is 12.8. The fourth-order valence-corrected chi connectivity index (χ4v) is 4.12. The second-order valence-electron chi connectivity index (χ2n) is 7.30. The highest BCUT2D eigenvalue weighted by molar-refractivity contribution is 5.95. The molecule has 29 heavy (non-hydrogen) atoms. The number of piperidine rings is 1. The lowest BCUT2D eigenvalue weighted by molar-refractivity contribution is -0.0410. The number of urea groups is 1. The fraction of sp³-hybridized carbons (Fsp3) is 0.364. The Labute approximate surface area is 169 Å². The topological polar surface area (TPSA) is 77.1 Å². The van der Waals surface area contributed by atoms with Crippen molar-refractivity contribution in [2.24, 2.45) is 0 Å². The third kappa shape index (κ3) is 3.48. The maximum Gasteiger partial charge on any atom is 0.339 e. The zero-order valence-corrected chi connectivity index (χ0v) is 16.6. The first-order chi connectivity index (χ1) is 14.1. The van der Waals surface area contributed by atoms with Crippen LogP contribution in [0.2, 0.25) is 0 Å². The number of amides is 2. The molecule has 2 aliphatic rings. The van der Waals surface area contributed by atoms with E-state index in [-0.39, 0.29) is 12.0 Å². The summed E-state index contributed by atoms with van der Waals surface area (Å²) >= 11 is 0. The molecule has 0 radical (unpaired) electrons. The normalized spacial score (nSPS) is 20.2. The molecule has 4 rings (SSSR count). The summed E-state index contributed by atoms with van der Waals surface area (Å²) in [5, 5.41) is 2.95. The van der Waals surface area contributed by atoms with Gasteiger partial charge in [0.15, 0.2) is 17.1 Å². The quantitative estimate of drug-likeness (QED) is 0.804. The maximum absolute atomic E-state index is 12.8. The molecule has 7 heteroatoms. The van der Waals surface area contributed by atoms with Crippen molar-refractivity contribution in [3.8, 4) is 11.5 Å². The molecule has 2 aliphatic heterocycles. The summed E-state index contributed by atoms with van der Waals surface area (Å²) in [5.74, 6) is 0.945. The minimum absolute atomic E-state index is 0.181. The van der Waals surface area contributed by atoms with Crippen LogP contribution in [0.15, 0.2) is 42.5 Å². The number of hydrogen-bond acceptors (Lipinski definition) is 5. The zero-order chi connectivity index (χ0) is 20.4. The summed E-state index contributed by atoms with van der Waals surface area (Å²) < 4.78 is 16.3. The number of fused-ring (bicyclic) bond motifs is 2. The molecule has 152 valence electrons. The zero-order valence-electron chi connectivity index (χ0n) is 16.6. The van der Waals surface area contributed by atoms with Crippen molar-refractivity contribution in [2.75, 3.05) is 27.3 Å². The van der Waals surface area contributed by atoms with E-state index in [2.05, 4.69) is 5.32 Å². The van der Waals surface area contributed by atoms with Gasteiger partial charge in [-0.15, -0.1) is 0 Å². The van der Waals surface area contributed by atoms with E-state index in [1.807, 2.05) is 36.4 Å². The fourth-order valence-electron chi connectivity index (χ4n) is 4.12. The van der Waals surface area contributed by atoms with Gasteiger partial charge in [-0.25, -0.2) is 9.59 Å². The molecule has 0 aromatic heterocycles. The van der Waals surface area contributed by atoms with Gasteiger partial charge in [0.2, 0.25) is 0 Å². The first kappa shape index (κ1) is 19.1. The summed E-state index contributed by atoms with van der Waals surface area (Å²) in [5.41, 5.74) is 1.63. The van der Waals surface area contributed by atoms with E-state index >= 15 is 0 Å². The highest BCUT2D eigenvalue weighted by Gasteiger charge is 2.48. The molecule has 1 fully saturated rings. The molecule has 2 aromatic carbocycles. The van der Waals surface area contributed by atoms with Crippen molar-refractivity contribution in [2.45, 2.75) is 25.0 Å². The monoisotopic (exact) mass is 396 g/mol. The van der Waals surface area contributed by atoms with Gasteiger partial charge in [0.1, 0.15) is 0 Å². The van der Waals surface area contributed by atoms with Gasteiger partial charge in [0.25, 0.3) is 0 Å². The number of rotatable bonds is 4. The van der Waals surface area contributed by atoms with Crippen LogP contribution >= 0.6 is 0 Å². The van der Waals surface area contributed by atoms with Crippen LogP contribution in [0.5, 0.6) is 11.5 Å². The molecular formula is C22H24N2O5. The minimum atomic E-state index is -0.743. The van der Waals surface area contributed by atoms with Gasteiger partial charge in [-0.3, -0.25) is 0 Å². The van der Waals surface area contributed by atoms with Crippen molar-refractivity contribution in [1.29, 1.82) is 0 Å². The number of esters is 1. The first-order valence-corrected chi connectivity index (χ1v) is 9.63. The molecule has 1 unspecified atom stereocenters. The van der Waals surface area contributed by atoms with Gasteiger partial charge >= 0.3 is 12.0 Å². The Morgan fingerprint density at radius 2 is 1.97 bits per heavy atom. The summed E-state index contributed by atoms with van der Waals surface area (Å²) in [6.07, 6.45) is 1.49. The molecular weight excluding hydrogens is 372 g/mol. The van der Waals surface area contributed by atoms with Crippen LogP contribution in [0, 0.1) is 0 Å². The molecule has 2 heterocycles. The Morgan fingerprint density at radius 1 is 1.17 bits per heavy atom.